The van der Waals surface area contributed by atoms with Crippen LogP contribution in [0.5, 0.6) is 5.75 Å². The van der Waals surface area contributed by atoms with Gasteiger partial charge in [-0.2, -0.15) is 0 Å². The van der Waals surface area contributed by atoms with E-state index in [1.165, 1.54) is 0 Å². The number of likely N-dealkylation sites (tertiary alicyclic amines) is 1. The number of ether oxygens (including phenoxy) is 1. The van der Waals surface area contributed by atoms with E-state index in [1.54, 1.807) is 4.90 Å². The Labute approximate surface area is 198 Å². The van der Waals surface area contributed by atoms with E-state index in [9.17, 15) is 9.59 Å². The van der Waals surface area contributed by atoms with E-state index in [-0.39, 0.29) is 17.7 Å². The molecule has 0 N–H and O–H groups in total. The lowest BCUT2D eigenvalue weighted by Crippen LogP contribution is -2.52. The van der Waals surface area contributed by atoms with Crippen LogP contribution in [0.2, 0.25) is 0 Å². The van der Waals surface area contributed by atoms with Crippen molar-refractivity contribution in [2.75, 3.05) is 26.7 Å². The largest absolute Gasteiger partial charge is 0.493 e. The summed E-state index contributed by atoms with van der Waals surface area (Å²) in [6.07, 6.45) is 3.82. The second-order valence-electron chi connectivity index (χ2n) is 9.39. The van der Waals surface area contributed by atoms with Crippen LogP contribution in [0.25, 0.3) is 0 Å². The maximum absolute atomic E-state index is 13.3. The van der Waals surface area contributed by atoms with Crippen molar-refractivity contribution in [2.45, 2.75) is 52.5 Å². The van der Waals surface area contributed by atoms with Crippen LogP contribution in [0, 0.1) is 11.3 Å². The lowest BCUT2D eigenvalue weighted by atomic mass is 9.76. The van der Waals surface area contributed by atoms with Crippen molar-refractivity contribution in [1.82, 2.24) is 9.80 Å². The molecule has 2 aromatic carbocycles. The van der Waals surface area contributed by atoms with Gasteiger partial charge in [0.25, 0.3) is 0 Å². The Morgan fingerprint density at radius 2 is 1.67 bits per heavy atom. The highest BCUT2D eigenvalue weighted by molar-refractivity contribution is 5.80. The summed E-state index contributed by atoms with van der Waals surface area (Å²) in [7, 11) is 1.86. The van der Waals surface area contributed by atoms with Crippen LogP contribution in [0.3, 0.4) is 0 Å². The van der Waals surface area contributed by atoms with E-state index >= 15 is 0 Å². The molecule has 0 unspecified atom stereocenters. The summed E-state index contributed by atoms with van der Waals surface area (Å²) in [5.41, 5.74) is 0.717. The van der Waals surface area contributed by atoms with E-state index in [2.05, 4.69) is 13.8 Å². The van der Waals surface area contributed by atoms with Gasteiger partial charge in [0.2, 0.25) is 11.8 Å². The number of hydrogen-bond donors (Lipinski definition) is 0. The van der Waals surface area contributed by atoms with Crippen LogP contribution < -0.4 is 4.74 Å². The molecule has 33 heavy (non-hydrogen) atoms. The van der Waals surface area contributed by atoms with Gasteiger partial charge in [-0.15, -0.1) is 0 Å². The number of para-hydroxylation sites is 1. The first-order valence-electron chi connectivity index (χ1n) is 12.2. The van der Waals surface area contributed by atoms with Crippen LogP contribution >= 0.6 is 0 Å². The first-order valence-corrected chi connectivity index (χ1v) is 12.2. The molecule has 0 bridgehead atoms. The molecule has 1 fully saturated rings. The average molecular weight is 451 g/mol. The maximum Gasteiger partial charge on any atom is 0.225 e. The third kappa shape index (κ3) is 6.83. The van der Waals surface area contributed by atoms with Gasteiger partial charge in [0.05, 0.1) is 6.61 Å². The number of benzene rings is 2. The average Bonchev–Trinajstić information content (AvgIpc) is 2.85. The van der Waals surface area contributed by atoms with Gasteiger partial charge < -0.3 is 14.5 Å². The quantitative estimate of drug-likeness (QED) is 0.502. The minimum absolute atomic E-state index is 0.0484. The normalized spacial score (nSPS) is 18.2. The highest BCUT2D eigenvalue weighted by Crippen LogP contribution is 2.36. The summed E-state index contributed by atoms with van der Waals surface area (Å²) >= 11 is 0. The van der Waals surface area contributed by atoms with Gasteiger partial charge in [0.15, 0.2) is 0 Å². The Bertz CT molecular complexity index is 883. The van der Waals surface area contributed by atoms with Gasteiger partial charge in [0.1, 0.15) is 5.75 Å². The van der Waals surface area contributed by atoms with E-state index in [0.717, 1.165) is 43.5 Å². The summed E-state index contributed by atoms with van der Waals surface area (Å²) in [6, 6.07) is 19.8. The molecule has 1 heterocycles. The number of piperidine rings is 1. The van der Waals surface area contributed by atoms with Crippen LogP contribution in [-0.2, 0) is 16.1 Å². The van der Waals surface area contributed by atoms with Gasteiger partial charge >= 0.3 is 0 Å². The van der Waals surface area contributed by atoms with Crippen molar-refractivity contribution in [3.8, 4) is 5.75 Å². The van der Waals surface area contributed by atoms with Gasteiger partial charge in [0, 0.05) is 44.4 Å². The Balaban J connectivity index is 1.75. The molecule has 0 radical (unpaired) electrons. The predicted molar refractivity (Wildman–Crippen MR) is 132 cm³/mol. The molecule has 0 aromatic heterocycles. The smallest absolute Gasteiger partial charge is 0.225 e. The fraction of sp³-hybridized carbons (Fsp3) is 0.500. The summed E-state index contributed by atoms with van der Waals surface area (Å²) in [6.45, 7) is 6.48. The zero-order valence-corrected chi connectivity index (χ0v) is 20.3. The number of rotatable bonds is 10. The summed E-state index contributed by atoms with van der Waals surface area (Å²) in [4.78, 5) is 30.3. The van der Waals surface area contributed by atoms with Gasteiger partial charge in [-0.25, -0.2) is 0 Å². The van der Waals surface area contributed by atoms with Crippen LogP contribution in [0.15, 0.2) is 60.7 Å². The Morgan fingerprint density at radius 1 is 1.03 bits per heavy atom. The van der Waals surface area contributed by atoms with E-state index in [0.29, 0.717) is 26.1 Å². The molecule has 0 aliphatic carbocycles. The Hall–Kier alpha value is -2.82. The molecule has 0 saturated carbocycles. The summed E-state index contributed by atoms with van der Waals surface area (Å²) in [5, 5.41) is 0. The number of nitrogens with zero attached hydrogens (tertiary/aromatic N) is 2. The first-order chi connectivity index (χ1) is 16.0. The molecule has 1 saturated heterocycles. The molecule has 5 nitrogen and oxygen atoms in total. The number of carbonyl (C=O) groups is 2. The zero-order chi connectivity index (χ0) is 23.7. The molecule has 2 amide bonds. The second-order valence-corrected chi connectivity index (χ2v) is 9.39. The van der Waals surface area contributed by atoms with Crippen LogP contribution in [0.1, 0.15) is 51.5 Å². The standard InChI is InChI=1S/C28H38N2O3/c1-4-24(5-2)27(32)30-18-12-17-28(21-30,22-33-25-15-10-7-11-16-25)19-26(31)29(3)20-23-13-8-6-9-14-23/h6-11,13-16,24H,4-5,12,17-22H2,1-3H3/t28-/m0/s1. The maximum atomic E-state index is 13.3. The fourth-order valence-electron chi connectivity index (χ4n) is 4.76. The molecule has 5 heteroatoms. The molecule has 3 rings (SSSR count). The molecule has 1 aliphatic heterocycles. The Kier molecular flexibility index (Phi) is 8.93. The topological polar surface area (TPSA) is 49.9 Å². The number of hydrogen-bond acceptors (Lipinski definition) is 3. The SMILES string of the molecule is CCC(CC)C(=O)N1CCC[C@](COc2ccccc2)(CC(=O)N(C)Cc2ccccc2)C1. The van der Waals surface area contributed by atoms with Crippen LogP contribution in [0.4, 0.5) is 0 Å². The van der Waals surface area contributed by atoms with E-state index < -0.39 is 5.41 Å². The van der Waals surface area contributed by atoms with Crippen LogP contribution in [-0.4, -0.2) is 48.4 Å². The van der Waals surface area contributed by atoms with Gasteiger partial charge in [-0.1, -0.05) is 62.4 Å². The first kappa shape index (κ1) is 24.8. The highest BCUT2D eigenvalue weighted by atomic mass is 16.5. The van der Waals surface area contributed by atoms with Gasteiger partial charge in [-0.05, 0) is 43.4 Å². The third-order valence-corrected chi connectivity index (χ3v) is 6.81. The monoisotopic (exact) mass is 450 g/mol. The number of carbonyl (C=O) groups excluding carboxylic acids is 2. The fourth-order valence-corrected chi connectivity index (χ4v) is 4.76. The highest BCUT2D eigenvalue weighted by Gasteiger charge is 2.41. The van der Waals surface area contributed by atoms with Crippen molar-refractivity contribution < 1.29 is 14.3 Å². The lowest BCUT2D eigenvalue weighted by molar-refractivity contribution is -0.144. The lowest BCUT2D eigenvalue weighted by Gasteiger charge is -2.43. The molecule has 1 aliphatic rings. The minimum atomic E-state index is -0.391. The Morgan fingerprint density at radius 3 is 2.30 bits per heavy atom. The van der Waals surface area contributed by atoms with Crippen molar-refractivity contribution >= 4 is 11.8 Å². The van der Waals surface area contributed by atoms with Crippen molar-refractivity contribution in [3.63, 3.8) is 0 Å². The molecule has 0 spiro atoms. The molecular weight excluding hydrogens is 412 g/mol. The summed E-state index contributed by atoms with van der Waals surface area (Å²) in [5.74, 6) is 1.15. The molecule has 2 aromatic rings. The third-order valence-electron chi connectivity index (χ3n) is 6.81. The molecular formula is C28H38N2O3. The van der Waals surface area contributed by atoms with E-state index in [1.807, 2.05) is 72.6 Å². The second kappa shape index (κ2) is 11.9. The minimum Gasteiger partial charge on any atom is -0.493 e. The van der Waals surface area contributed by atoms with E-state index in [4.69, 9.17) is 4.74 Å². The zero-order valence-electron chi connectivity index (χ0n) is 20.3. The van der Waals surface area contributed by atoms with Crippen molar-refractivity contribution in [2.24, 2.45) is 11.3 Å². The molecule has 178 valence electrons. The van der Waals surface area contributed by atoms with Gasteiger partial charge in [-0.3, -0.25) is 9.59 Å². The predicted octanol–water partition coefficient (Wildman–Crippen LogP) is 5.16. The molecule has 1 atom stereocenters. The van der Waals surface area contributed by atoms with Crippen molar-refractivity contribution in [1.29, 1.82) is 0 Å². The summed E-state index contributed by atoms with van der Waals surface area (Å²) < 4.78 is 6.18. The number of amides is 2. The van der Waals surface area contributed by atoms with Crippen molar-refractivity contribution in [3.05, 3.63) is 66.2 Å².